The summed E-state index contributed by atoms with van der Waals surface area (Å²) in [6.45, 7) is 0. The van der Waals surface area contributed by atoms with Gasteiger partial charge in [-0.1, -0.05) is 15.9 Å². The maximum absolute atomic E-state index is 13.5. The first-order valence-electron chi connectivity index (χ1n) is 8.71. The van der Waals surface area contributed by atoms with Crippen LogP contribution in [-0.4, -0.2) is 38.5 Å². The summed E-state index contributed by atoms with van der Waals surface area (Å²) in [6, 6.07) is 13.3. The topological polar surface area (TPSA) is 68.1 Å². The number of amides is 2. The van der Waals surface area contributed by atoms with Gasteiger partial charge in [-0.3, -0.25) is 14.5 Å². The van der Waals surface area contributed by atoms with Crippen LogP contribution in [0.1, 0.15) is 20.7 Å². The number of halogens is 2. The average Bonchev–Trinajstić information content (AvgIpc) is 3.21. The highest BCUT2D eigenvalue weighted by Crippen LogP contribution is 2.36. The Hall–Kier alpha value is -3.39. The molecule has 0 radical (unpaired) electrons. The first-order chi connectivity index (χ1) is 14.0. The van der Waals surface area contributed by atoms with Crippen LogP contribution in [0.15, 0.2) is 59.2 Å². The van der Waals surface area contributed by atoms with E-state index < -0.39 is 11.8 Å². The Morgan fingerprint density at radius 3 is 2.34 bits per heavy atom. The number of aromatic nitrogens is 3. The zero-order valence-corrected chi connectivity index (χ0v) is 16.6. The Morgan fingerprint density at radius 1 is 0.966 bits per heavy atom. The summed E-state index contributed by atoms with van der Waals surface area (Å²) in [7, 11) is 1.44. The number of benzene rings is 2. The maximum atomic E-state index is 13.5. The molecule has 2 aromatic heterocycles. The summed E-state index contributed by atoms with van der Waals surface area (Å²) in [5.74, 6) is -1.18. The molecule has 2 amide bonds. The quantitative estimate of drug-likeness (QED) is 0.429. The van der Waals surface area contributed by atoms with Gasteiger partial charge >= 0.3 is 0 Å². The predicted octanol–water partition coefficient (Wildman–Crippen LogP) is 4.21. The molecule has 0 spiro atoms. The Bertz CT molecular complexity index is 1310. The zero-order valence-electron chi connectivity index (χ0n) is 15.1. The van der Waals surface area contributed by atoms with Crippen molar-refractivity contribution in [3.8, 4) is 16.9 Å². The lowest BCUT2D eigenvalue weighted by atomic mass is 10.0. The van der Waals surface area contributed by atoms with Crippen LogP contribution in [0.3, 0.4) is 0 Å². The van der Waals surface area contributed by atoms with E-state index in [0.29, 0.717) is 22.3 Å². The van der Waals surface area contributed by atoms with Crippen molar-refractivity contribution in [2.75, 3.05) is 7.05 Å². The first kappa shape index (κ1) is 17.7. The molecule has 2 aromatic carbocycles. The summed E-state index contributed by atoms with van der Waals surface area (Å²) in [5, 5.41) is 5.16. The minimum atomic E-state index is -0.406. The second kappa shape index (κ2) is 6.31. The second-order valence-electron chi connectivity index (χ2n) is 6.66. The summed E-state index contributed by atoms with van der Waals surface area (Å²) >= 11 is 3.41. The molecular weight excluding hydrogens is 439 g/mol. The number of pyridine rings is 1. The van der Waals surface area contributed by atoms with Crippen LogP contribution in [0.2, 0.25) is 0 Å². The fraction of sp³-hybridized carbons (Fsp3) is 0.0476. The maximum Gasteiger partial charge on any atom is 0.262 e. The monoisotopic (exact) mass is 450 g/mol. The standard InChI is InChI=1S/C21H12BrFN4O2/c1-26-20(28)15-10-24-19-17(16(15)21(26)29)18(11-2-6-13(23)7-3-11)25-27(19)14-8-4-12(22)5-9-14/h2-10H,1H3. The third-order valence-electron chi connectivity index (χ3n) is 4.94. The molecular formula is C21H12BrFN4O2. The molecule has 142 valence electrons. The van der Waals surface area contributed by atoms with Crippen LogP contribution in [0.25, 0.3) is 28.0 Å². The van der Waals surface area contributed by atoms with Gasteiger partial charge in [0.15, 0.2) is 5.65 Å². The van der Waals surface area contributed by atoms with Crippen molar-refractivity contribution in [2.45, 2.75) is 0 Å². The number of fused-ring (bicyclic) bond motifs is 3. The minimum Gasteiger partial charge on any atom is -0.277 e. The molecule has 0 unspecified atom stereocenters. The summed E-state index contributed by atoms with van der Waals surface area (Å²) in [5.41, 5.74) is 2.78. The lowest BCUT2D eigenvalue weighted by molar-refractivity contribution is 0.0693. The second-order valence-corrected chi connectivity index (χ2v) is 7.57. The van der Waals surface area contributed by atoms with E-state index in [1.807, 2.05) is 24.3 Å². The van der Waals surface area contributed by atoms with Gasteiger partial charge in [-0.25, -0.2) is 14.1 Å². The largest absolute Gasteiger partial charge is 0.277 e. The van der Waals surface area contributed by atoms with Crippen molar-refractivity contribution in [1.29, 1.82) is 0 Å². The number of carbonyl (C=O) groups is 2. The predicted molar refractivity (Wildman–Crippen MR) is 108 cm³/mol. The number of rotatable bonds is 2. The van der Waals surface area contributed by atoms with Crippen molar-refractivity contribution in [1.82, 2.24) is 19.7 Å². The van der Waals surface area contributed by atoms with Gasteiger partial charge in [0.1, 0.15) is 11.5 Å². The van der Waals surface area contributed by atoms with Gasteiger partial charge in [0.25, 0.3) is 11.8 Å². The number of nitrogens with zero attached hydrogens (tertiary/aromatic N) is 4. The van der Waals surface area contributed by atoms with Crippen molar-refractivity contribution in [3.63, 3.8) is 0 Å². The van der Waals surface area contributed by atoms with Crippen molar-refractivity contribution >= 4 is 38.8 Å². The molecule has 1 aliphatic heterocycles. The molecule has 4 aromatic rings. The highest BCUT2D eigenvalue weighted by molar-refractivity contribution is 9.10. The lowest BCUT2D eigenvalue weighted by Gasteiger charge is -2.04. The molecule has 0 bridgehead atoms. The van der Waals surface area contributed by atoms with Crippen molar-refractivity contribution < 1.29 is 14.0 Å². The Labute approximate surface area is 172 Å². The number of hydrogen-bond acceptors (Lipinski definition) is 4. The van der Waals surface area contributed by atoms with Crippen LogP contribution in [0.5, 0.6) is 0 Å². The van der Waals surface area contributed by atoms with Crippen LogP contribution < -0.4 is 0 Å². The fourth-order valence-electron chi connectivity index (χ4n) is 3.48. The van der Waals surface area contributed by atoms with Crippen LogP contribution >= 0.6 is 15.9 Å². The molecule has 0 atom stereocenters. The molecule has 5 rings (SSSR count). The summed E-state index contributed by atoms with van der Waals surface area (Å²) in [4.78, 5) is 30.8. The highest BCUT2D eigenvalue weighted by atomic mass is 79.9. The molecule has 3 heterocycles. The summed E-state index contributed by atoms with van der Waals surface area (Å²) in [6.07, 6.45) is 1.41. The van der Waals surface area contributed by atoms with Crippen LogP contribution in [-0.2, 0) is 0 Å². The molecule has 0 N–H and O–H groups in total. The third kappa shape index (κ3) is 2.60. The van der Waals surface area contributed by atoms with Crippen LogP contribution in [0.4, 0.5) is 4.39 Å². The molecule has 6 nitrogen and oxygen atoms in total. The zero-order chi connectivity index (χ0) is 20.3. The highest BCUT2D eigenvalue weighted by Gasteiger charge is 2.37. The SMILES string of the molecule is CN1C(=O)c2cnc3c(c(-c4ccc(F)cc4)nn3-c3ccc(Br)cc3)c2C1=O. The van der Waals surface area contributed by atoms with Gasteiger partial charge in [-0.15, -0.1) is 0 Å². The van der Waals surface area contributed by atoms with E-state index in [1.165, 1.54) is 25.4 Å². The lowest BCUT2D eigenvalue weighted by Crippen LogP contribution is -2.24. The van der Waals surface area contributed by atoms with E-state index in [2.05, 4.69) is 26.0 Å². The molecule has 0 aliphatic carbocycles. The van der Waals surface area contributed by atoms with Gasteiger partial charge in [0.2, 0.25) is 0 Å². The van der Waals surface area contributed by atoms with Gasteiger partial charge in [0.05, 0.1) is 22.2 Å². The number of imide groups is 1. The minimum absolute atomic E-state index is 0.240. The number of hydrogen-bond donors (Lipinski definition) is 0. The molecule has 8 heteroatoms. The van der Waals surface area contributed by atoms with Gasteiger partial charge < -0.3 is 0 Å². The molecule has 29 heavy (non-hydrogen) atoms. The van der Waals surface area contributed by atoms with Gasteiger partial charge in [-0.2, -0.15) is 5.10 Å². The van der Waals surface area contributed by atoms with Crippen molar-refractivity contribution in [3.05, 3.63) is 76.1 Å². The van der Waals surface area contributed by atoms with E-state index in [-0.39, 0.29) is 16.9 Å². The molecule has 1 aliphatic rings. The third-order valence-corrected chi connectivity index (χ3v) is 5.47. The molecule has 0 fully saturated rings. The summed E-state index contributed by atoms with van der Waals surface area (Å²) < 4.78 is 16.0. The van der Waals surface area contributed by atoms with E-state index in [9.17, 15) is 14.0 Å². The molecule has 0 saturated carbocycles. The Balaban J connectivity index is 1.88. The van der Waals surface area contributed by atoms with E-state index in [0.717, 1.165) is 15.1 Å². The Morgan fingerprint density at radius 2 is 1.66 bits per heavy atom. The van der Waals surface area contributed by atoms with E-state index in [4.69, 9.17) is 0 Å². The first-order valence-corrected chi connectivity index (χ1v) is 9.51. The number of carbonyl (C=O) groups excluding carboxylic acids is 2. The molecule has 0 saturated heterocycles. The van der Waals surface area contributed by atoms with E-state index >= 15 is 0 Å². The fourth-order valence-corrected chi connectivity index (χ4v) is 3.74. The van der Waals surface area contributed by atoms with Crippen LogP contribution in [0, 0.1) is 5.82 Å². The smallest absolute Gasteiger partial charge is 0.262 e. The van der Waals surface area contributed by atoms with Crippen molar-refractivity contribution in [2.24, 2.45) is 0 Å². The van der Waals surface area contributed by atoms with Gasteiger partial charge in [0, 0.05) is 23.3 Å². The average molecular weight is 451 g/mol. The van der Waals surface area contributed by atoms with Gasteiger partial charge in [-0.05, 0) is 48.5 Å². The Kier molecular flexibility index (Phi) is 3.85. The van der Waals surface area contributed by atoms with E-state index in [1.54, 1.807) is 16.8 Å². The normalized spacial score (nSPS) is 13.4.